The highest BCUT2D eigenvalue weighted by atomic mass is 16.7. The Morgan fingerprint density at radius 3 is 2.44 bits per heavy atom. The van der Waals surface area contributed by atoms with E-state index in [0.29, 0.717) is 29.5 Å². The van der Waals surface area contributed by atoms with Gasteiger partial charge in [-0.15, -0.1) is 0 Å². The van der Waals surface area contributed by atoms with Gasteiger partial charge in [-0.25, -0.2) is 4.98 Å². The fourth-order valence-electron chi connectivity index (χ4n) is 7.91. The maximum Gasteiger partial charge on any atom is 0.494 e. The lowest BCUT2D eigenvalue weighted by atomic mass is 9.77. The Labute approximate surface area is 263 Å². The maximum atomic E-state index is 13.7. The standard InChI is InChI=1S/C36H37BN4O4/c1-35(2)36(3,4)45-37(44-35)24-10-12-26-25-11-9-21(15-27(25)32(42)28(26)16-24)29-19-39-33(41-29)30-22-7-8-23(14-22)31(30)34(43)40-18-20-6-5-13-38-17-20/h5-6,9-13,15-17,19,22-23,30-31H,7-8,14,18H2,1-4H3,(H,39,41)(H,40,43)/t22?,23?,30?,31-/m1/s1. The number of aromatic amines is 1. The molecule has 2 saturated carbocycles. The average molecular weight is 601 g/mol. The second kappa shape index (κ2) is 10.2. The van der Waals surface area contributed by atoms with Gasteiger partial charge >= 0.3 is 7.12 Å². The largest absolute Gasteiger partial charge is 0.494 e. The molecule has 1 saturated heterocycles. The van der Waals surface area contributed by atoms with Gasteiger partial charge in [-0.05, 0) is 93.1 Å². The van der Waals surface area contributed by atoms with Gasteiger partial charge in [-0.2, -0.15) is 0 Å². The molecular formula is C36H37BN4O4. The molecule has 2 N–H and O–H groups in total. The van der Waals surface area contributed by atoms with Gasteiger partial charge in [-0.1, -0.05) is 36.4 Å². The van der Waals surface area contributed by atoms with Crippen molar-refractivity contribution in [3.05, 3.63) is 89.6 Å². The number of amides is 1. The van der Waals surface area contributed by atoms with E-state index in [1.165, 1.54) is 0 Å². The lowest BCUT2D eigenvalue weighted by molar-refractivity contribution is -0.127. The van der Waals surface area contributed by atoms with Crippen LogP contribution in [-0.2, 0) is 20.6 Å². The number of carbonyl (C=O) groups excluding carboxylic acids is 2. The van der Waals surface area contributed by atoms with Crippen molar-refractivity contribution in [1.29, 1.82) is 0 Å². The van der Waals surface area contributed by atoms with E-state index in [1.807, 2.05) is 82.4 Å². The first-order valence-electron chi connectivity index (χ1n) is 16.0. The van der Waals surface area contributed by atoms with E-state index in [0.717, 1.165) is 58.5 Å². The number of nitrogens with one attached hydrogen (secondary N) is 2. The number of rotatable bonds is 6. The first-order valence-corrected chi connectivity index (χ1v) is 16.0. The minimum absolute atomic E-state index is 0.00147. The van der Waals surface area contributed by atoms with E-state index in [-0.39, 0.29) is 23.5 Å². The quantitative estimate of drug-likeness (QED) is 0.252. The van der Waals surface area contributed by atoms with Crippen LogP contribution in [0, 0.1) is 17.8 Å². The van der Waals surface area contributed by atoms with Crippen LogP contribution in [0.1, 0.15) is 80.2 Å². The van der Waals surface area contributed by atoms with Gasteiger partial charge in [0.1, 0.15) is 5.82 Å². The minimum Gasteiger partial charge on any atom is -0.399 e. The Balaban J connectivity index is 1.03. The van der Waals surface area contributed by atoms with Gasteiger partial charge in [0.25, 0.3) is 0 Å². The number of hydrogen-bond donors (Lipinski definition) is 2. The number of pyridine rings is 1. The van der Waals surface area contributed by atoms with Crippen LogP contribution in [0.15, 0.2) is 67.1 Å². The third-order valence-corrected chi connectivity index (χ3v) is 11.0. The number of H-pyrrole nitrogens is 1. The third-order valence-electron chi connectivity index (χ3n) is 11.0. The van der Waals surface area contributed by atoms with Gasteiger partial charge in [0.05, 0.1) is 29.0 Å². The average Bonchev–Trinajstić information content (AvgIpc) is 3.85. The Kier molecular flexibility index (Phi) is 6.45. The van der Waals surface area contributed by atoms with Gasteiger partial charge in [0, 0.05) is 41.5 Å². The van der Waals surface area contributed by atoms with E-state index in [9.17, 15) is 9.59 Å². The summed E-state index contributed by atoms with van der Waals surface area (Å²) in [7, 11) is -0.525. The highest BCUT2D eigenvalue weighted by molar-refractivity contribution is 6.62. The van der Waals surface area contributed by atoms with E-state index in [4.69, 9.17) is 14.3 Å². The van der Waals surface area contributed by atoms with Crippen molar-refractivity contribution in [3.8, 4) is 22.4 Å². The molecule has 45 heavy (non-hydrogen) atoms. The van der Waals surface area contributed by atoms with Crippen molar-refractivity contribution in [2.45, 2.75) is 70.6 Å². The molecule has 8 nitrogen and oxygen atoms in total. The zero-order valence-electron chi connectivity index (χ0n) is 26.1. The number of fused-ring (bicyclic) bond motifs is 5. The van der Waals surface area contributed by atoms with Crippen molar-refractivity contribution in [2.24, 2.45) is 17.8 Å². The van der Waals surface area contributed by atoms with Gasteiger partial charge in [0.2, 0.25) is 5.91 Å². The Bertz CT molecular complexity index is 1820. The molecule has 8 rings (SSSR count). The van der Waals surface area contributed by atoms with E-state index in [1.54, 1.807) is 12.4 Å². The maximum absolute atomic E-state index is 13.7. The van der Waals surface area contributed by atoms with Crippen molar-refractivity contribution in [1.82, 2.24) is 20.3 Å². The van der Waals surface area contributed by atoms with Gasteiger partial charge < -0.3 is 19.6 Å². The number of nitrogens with zero attached hydrogens (tertiary/aromatic N) is 2. The molecule has 9 heteroatoms. The first-order chi connectivity index (χ1) is 21.6. The molecule has 2 aromatic heterocycles. The van der Waals surface area contributed by atoms with Crippen LogP contribution >= 0.6 is 0 Å². The normalized spacial score (nSPS) is 25.4. The molecule has 3 heterocycles. The summed E-state index contributed by atoms with van der Waals surface area (Å²) in [4.78, 5) is 39.7. The zero-order chi connectivity index (χ0) is 31.1. The summed E-state index contributed by atoms with van der Waals surface area (Å²) >= 11 is 0. The molecule has 4 aliphatic rings. The second-order valence-corrected chi connectivity index (χ2v) is 14.1. The number of ketones is 1. The summed E-state index contributed by atoms with van der Waals surface area (Å²) in [5.41, 5.74) is 5.88. The monoisotopic (exact) mass is 600 g/mol. The summed E-state index contributed by atoms with van der Waals surface area (Å²) in [5.74, 6) is 1.72. The summed E-state index contributed by atoms with van der Waals surface area (Å²) in [6, 6.07) is 15.8. The highest BCUT2D eigenvalue weighted by Gasteiger charge is 2.53. The van der Waals surface area contributed by atoms with E-state index >= 15 is 0 Å². The SMILES string of the molecule is CC1(C)OB(c2ccc3c(c2)C(=O)c2cc(-c4cnc(C5C6CCC(C6)[C@H]5C(=O)NCc5cccnc5)[nH]4)ccc2-3)OC1(C)C. The number of carbonyl (C=O) groups is 2. The predicted molar refractivity (Wildman–Crippen MR) is 172 cm³/mol. The fraction of sp³-hybridized carbons (Fsp3) is 0.389. The molecule has 4 aromatic rings. The van der Waals surface area contributed by atoms with Gasteiger partial charge in [0.15, 0.2) is 5.78 Å². The molecule has 0 radical (unpaired) electrons. The number of imidazole rings is 1. The summed E-state index contributed by atoms with van der Waals surface area (Å²) in [5, 5.41) is 3.16. The Hall–Kier alpha value is -4.08. The molecule has 1 amide bonds. The molecule has 0 spiro atoms. The lowest BCUT2D eigenvalue weighted by Crippen LogP contribution is -2.41. The number of benzene rings is 2. The van der Waals surface area contributed by atoms with Crippen LogP contribution in [0.3, 0.4) is 0 Å². The molecule has 1 aliphatic heterocycles. The van der Waals surface area contributed by atoms with Crippen molar-refractivity contribution < 1.29 is 18.9 Å². The number of hydrogen-bond acceptors (Lipinski definition) is 6. The van der Waals surface area contributed by atoms with Crippen LogP contribution in [0.4, 0.5) is 0 Å². The van der Waals surface area contributed by atoms with E-state index < -0.39 is 18.3 Å². The Morgan fingerprint density at radius 1 is 0.956 bits per heavy atom. The molecule has 3 aliphatic carbocycles. The van der Waals surface area contributed by atoms with Crippen LogP contribution in [0.2, 0.25) is 0 Å². The molecule has 2 bridgehead atoms. The third kappa shape index (κ3) is 4.58. The summed E-state index contributed by atoms with van der Waals surface area (Å²) < 4.78 is 12.5. The van der Waals surface area contributed by atoms with Crippen molar-refractivity contribution in [2.75, 3.05) is 0 Å². The number of aromatic nitrogens is 3. The summed E-state index contributed by atoms with van der Waals surface area (Å²) in [6.45, 7) is 8.58. The minimum atomic E-state index is -0.525. The van der Waals surface area contributed by atoms with Crippen LogP contribution in [-0.4, -0.2) is 45.0 Å². The predicted octanol–water partition coefficient (Wildman–Crippen LogP) is 5.43. The molecule has 228 valence electrons. The molecule has 3 fully saturated rings. The van der Waals surface area contributed by atoms with Crippen molar-refractivity contribution >= 4 is 24.3 Å². The molecule has 4 atom stereocenters. The molecule has 3 unspecified atom stereocenters. The highest BCUT2D eigenvalue weighted by Crippen LogP contribution is 2.56. The van der Waals surface area contributed by atoms with Crippen LogP contribution < -0.4 is 10.8 Å². The molecular weight excluding hydrogens is 563 g/mol. The smallest absolute Gasteiger partial charge is 0.399 e. The lowest BCUT2D eigenvalue weighted by Gasteiger charge is -2.32. The summed E-state index contributed by atoms with van der Waals surface area (Å²) in [6.07, 6.45) is 8.64. The Morgan fingerprint density at radius 2 is 1.69 bits per heavy atom. The second-order valence-electron chi connectivity index (χ2n) is 14.1. The fourth-order valence-corrected chi connectivity index (χ4v) is 7.91. The van der Waals surface area contributed by atoms with E-state index in [2.05, 4.69) is 15.3 Å². The topological polar surface area (TPSA) is 106 Å². The van der Waals surface area contributed by atoms with Crippen molar-refractivity contribution in [3.63, 3.8) is 0 Å². The van der Waals surface area contributed by atoms with Gasteiger partial charge in [-0.3, -0.25) is 14.6 Å². The molecule has 2 aromatic carbocycles. The van der Waals surface area contributed by atoms with Crippen LogP contribution in [0.25, 0.3) is 22.4 Å². The zero-order valence-corrected chi connectivity index (χ0v) is 26.1. The first kappa shape index (κ1) is 28.4. The van der Waals surface area contributed by atoms with Crippen LogP contribution in [0.5, 0.6) is 0 Å².